The van der Waals surface area contributed by atoms with Crippen LogP contribution in [0.5, 0.6) is 5.75 Å². The van der Waals surface area contributed by atoms with Crippen molar-refractivity contribution in [3.63, 3.8) is 0 Å². The van der Waals surface area contributed by atoms with Crippen LogP contribution >= 0.6 is 11.3 Å². The average molecular weight is 415 g/mol. The summed E-state index contributed by atoms with van der Waals surface area (Å²) in [4.78, 5) is 4.69. The normalized spacial score (nSPS) is 11.7. The van der Waals surface area contributed by atoms with Crippen LogP contribution in [0.25, 0.3) is 16.7 Å². The topological polar surface area (TPSA) is 86.1 Å². The molecule has 0 fully saturated rings. The molecule has 0 saturated heterocycles. The first-order chi connectivity index (χ1) is 13.4. The van der Waals surface area contributed by atoms with Crippen molar-refractivity contribution < 1.29 is 13.2 Å². The number of benzene rings is 1. The maximum absolute atomic E-state index is 12.7. The largest absolute Gasteiger partial charge is 0.494 e. The minimum Gasteiger partial charge on any atom is -0.494 e. The van der Waals surface area contributed by atoms with Gasteiger partial charge in [0, 0.05) is 11.5 Å². The number of nitrogens with one attached hydrogen (secondary N) is 1. The number of anilines is 1. The summed E-state index contributed by atoms with van der Waals surface area (Å²) < 4.78 is 35.1. The van der Waals surface area contributed by atoms with Gasteiger partial charge in [-0.2, -0.15) is 9.78 Å². The fraction of sp³-hybridized carbons (Fsp3) is 0.158. The molecule has 3 aromatic heterocycles. The first-order valence-electron chi connectivity index (χ1n) is 8.47. The summed E-state index contributed by atoms with van der Waals surface area (Å²) in [5, 5.41) is 7.12. The molecule has 7 nitrogen and oxygen atoms in total. The molecule has 0 amide bonds. The average Bonchev–Trinajstić information content (AvgIpc) is 3.31. The highest BCUT2D eigenvalue weighted by atomic mass is 32.2. The number of fused-ring (bicyclic) bond motifs is 1. The lowest BCUT2D eigenvalue weighted by Crippen LogP contribution is -2.15. The van der Waals surface area contributed by atoms with Crippen LogP contribution in [-0.4, -0.2) is 30.3 Å². The molecule has 0 atom stereocenters. The summed E-state index contributed by atoms with van der Waals surface area (Å²) in [5.74, 6) is 1.48. The van der Waals surface area contributed by atoms with E-state index >= 15 is 0 Å². The second-order valence-electron chi connectivity index (χ2n) is 6.27. The van der Waals surface area contributed by atoms with Crippen LogP contribution in [0.2, 0.25) is 0 Å². The van der Waals surface area contributed by atoms with Gasteiger partial charge in [-0.3, -0.25) is 4.72 Å². The van der Waals surface area contributed by atoms with Crippen molar-refractivity contribution in [1.82, 2.24) is 14.8 Å². The Labute approximate surface area is 166 Å². The fourth-order valence-electron chi connectivity index (χ4n) is 3.00. The van der Waals surface area contributed by atoms with Crippen LogP contribution < -0.4 is 9.46 Å². The van der Waals surface area contributed by atoms with Crippen molar-refractivity contribution in [3.05, 3.63) is 59.1 Å². The summed E-state index contributed by atoms with van der Waals surface area (Å²) in [7, 11) is -2.10. The van der Waals surface area contributed by atoms with Crippen LogP contribution in [0.1, 0.15) is 11.3 Å². The lowest BCUT2D eigenvalue weighted by Gasteiger charge is -2.12. The number of ether oxygens (including phenoxy) is 1. The number of sulfonamides is 1. The zero-order valence-corrected chi connectivity index (χ0v) is 17.1. The number of nitrogens with zero attached hydrogens (tertiary/aromatic N) is 3. The number of thiophene rings is 1. The van der Waals surface area contributed by atoms with Crippen LogP contribution in [-0.2, 0) is 10.0 Å². The number of hydrogen-bond donors (Lipinski definition) is 1. The molecule has 0 radical (unpaired) electrons. The Bertz CT molecular complexity index is 1260. The predicted octanol–water partition coefficient (Wildman–Crippen LogP) is 3.91. The predicted molar refractivity (Wildman–Crippen MR) is 110 cm³/mol. The standard InChI is InChI=1S/C19H18N4O3S2/c1-12-10-16(20-19-14(12)6-4-7-15(19)26-3)23-17(11-13(2)21-23)22-28(24,25)18-8-5-9-27-18/h4-11,22H,1-3H3. The summed E-state index contributed by atoms with van der Waals surface area (Å²) >= 11 is 1.15. The minimum atomic E-state index is -3.70. The number of hydrogen-bond acceptors (Lipinski definition) is 6. The molecule has 0 aliphatic rings. The molecule has 1 aromatic carbocycles. The molecule has 4 rings (SSSR count). The Morgan fingerprint density at radius 1 is 1.14 bits per heavy atom. The molecule has 0 unspecified atom stereocenters. The molecule has 28 heavy (non-hydrogen) atoms. The number of pyridine rings is 1. The molecule has 144 valence electrons. The van der Waals surface area contributed by atoms with Gasteiger partial charge in [-0.15, -0.1) is 11.3 Å². The minimum absolute atomic E-state index is 0.238. The monoisotopic (exact) mass is 414 g/mol. The Morgan fingerprint density at radius 3 is 2.68 bits per heavy atom. The van der Waals surface area contributed by atoms with Crippen LogP contribution in [0.4, 0.5) is 5.82 Å². The molecular weight excluding hydrogens is 396 g/mol. The SMILES string of the molecule is COc1cccc2c(C)cc(-n3nc(C)cc3NS(=O)(=O)c3cccs3)nc12. The van der Waals surface area contributed by atoms with Gasteiger partial charge < -0.3 is 4.74 Å². The zero-order chi connectivity index (χ0) is 19.9. The van der Waals surface area contributed by atoms with E-state index in [0.717, 1.165) is 22.3 Å². The van der Waals surface area contributed by atoms with Crippen LogP contribution in [0.3, 0.4) is 0 Å². The van der Waals surface area contributed by atoms with E-state index in [9.17, 15) is 8.42 Å². The Morgan fingerprint density at radius 2 is 1.96 bits per heavy atom. The first kappa shape index (κ1) is 18.5. The number of aryl methyl sites for hydroxylation is 2. The van der Waals surface area contributed by atoms with Crippen molar-refractivity contribution in [2.24, 2.45) is 0 Å². The van der Waals surface area contributed by atoms with E-state index < -0.39 is 10.0 Å². The Kier molecular flexibility index (Phi) is 4.56. The quantitative estimate of drug-likeness (QED) is 0.535. The maximum Gasteiger partial charge on any atom is 0.272 e. The summed E-state index contributed by atoms with van der Waals surface area (Å²) in [6, 6.07) is 12.5. The molecular formula is C19H18N4O3S2. The van der Waals surface area contributed by atoms with Gasteiger partial charge in [-0.1, -0.05) is 18.2 Å². The molecule has 1 N–H and O–H groups in total. The zero-order valence-electron chi connectivity index (χ0n) is 15.5. The van der Waals surface area contributed by atoms with Crippen LogP contribution in [0.15, 0.2) is 52.1 Å². The third-order valence-corrected chi connectivity index (χ3v) is 7.02. The second-order valence-corrected chi connectivity index (χ2v) is 9.13. The highest BCUT2D eigenvalue weighted by Gasteiger charge is 2.20. The molecule has 9 heteroatoms. The van der Waals surface area contributed by atoms with E-state index in [-0.39, 0.29) is 4.21 Å². The molecule has 0 spiro atoms. The van der Waals surface area contributed by atoms with Gasteiger partial charge in [0.2, 0.25) is 0 Å². The van der Waals surface area contributed by atoms with Gasteiger partial charge in [0.05, 0.1) is 12.8 Å². The van der Waals surface area contributed by atoms with Crippen molar-refractivity contribution in [1.29, 1.82) is 0 Å². The van der Waals surface area contributed by atoms with Crippen molar-refractivity contribution in [3.8, 4) is 11.6 Å². The number of methoxy groups -OCH3 is 1. The van der Waals surface area contributed by atoms with Gasteiger partial charge >= 0.3 is 0 Å². The highest BCUT2D eigenvalue weighted by Crippen LogP contribution is 2.29. The number of aromatic nitrogens is 3. The van der Waals surface area contributed by atoms with E-state index in [0.29, 0.717) is 28.6 Å². The molecule has 3 heterocycles. The lowest BCUT2D eigenvalue weighted by atomic mass is 10.1. The first-order valence-corrected chi connectivity index (χ1v) is 10.8. The molecule has 0 bridgehead atoms. The second kappa shape index (κ2) is 6.92. The van der Waals surface area contributed by atoms with Crippen molar-refractivity contribution in [2.45, 2.75) is 18.1 Å². The Balaban J connectivity index is 1.85. The highest BCUT2D eigenvalue weighted by molar-refractivity contribution is 7.94. The van der Waals surface area contributed by atoms with Gasteiger partial charge in [0.15, 0.2) is 5.82 Å². The van der Waals surface area contributed by atoms with E-state index in [2.05, 4.69) is 14.8 Å². The van der Waals surface area contributed by atoms with Crippen molar-refractivity contribution >= 4 is 38.1 Å². The van der Waals surface area contributed by atoms with E-state index in [1.165, 1.54) is 4.68 Å². The third kappa shape index (κ3) is 3.23. The van der Waals surface area contributed by atoms with Gasteiger partial charge in [-0.25, -0.2) is 13.4 Å². The molecule has 4 aromatic rings. The van der Waals surface area contributed by atoms with Gasteiger partial charge in [-0.05, 0) is 43.0 Å². The van der Waals surface area contributed by atoms with Gasteiger partial charge in [0.1, 0.15) is 21.3 Å². The lowest BCUT2D eigenvalue weighted by molar-refractivity contribution is 0.419. The maximum atomic E-state index is 12.7. The van der Waals surface area contributed by atoms with E-state index in [1.54, 1.807) is 37.6 Å². The summed E-state index contributed by atoms with van der Waals surface area (Å²) in [6.45, 7) is 3.77. The molecule has 0 saturated carbocycles. The number of rotatable bonds is 5. The van der Waals surface area contributed by atoms with Gasteiger partial charge in [0.25, 0.3) is 10.0 Å². The van der Waals surface area contributed by atoms with Crippen LogP contribution in [0, 0.1) is 13.8 Å². The summed E-state index contributed by atoms with van der Waals surface area (Å²) in [6.07, 6.45) is 0. The van der Waals surface area contributed by atoms with E-state index in [4.69, 9.17) is 4.74 Å². The molecule has 0 aliphatic carbocycles. The third-order valence-electron chi connectivity index (χ3n) is 4.26. The van der Waals surface area contributed by atoms with Crippen molar-refractivity contribution in [2.75, 3.05) is 11.8 Å². The number of para-hydroxylation sites is 1. The fourth-order valence-corrected chi connectivity index (χ4v) is 5.02. The Hall–Kier alpha value is -2.91. The molecule has 0 aliphatic heterocycles. The summed E-state index contributed by atoms with van der Waals surface area (Å²) in [5.41, 5.74) is 2.35. The smallest absolute Gasteiger partial charge is 0.272 e. The van der Waals surface area contributed by atoms with E-state index in [1.807, 2.05) is 31.2 Å².